The van der Waals surface area contributed by atoms with Crippen LogP contribution in [-0.4, -0.2) is 37.7 Å². The zero-order valence-corrected chi connectivity index (χ0v) is 22.0. The number of carbonyl (C=O) groups is 1. The van der Waals surface area contributed by atoms with Crippen molar-refractivity contribution in [2.75, 3.05) is 20.8 Å². The molecule has 0 saturated carbocycles. The highest BCUT2D eigenvalue weighted by Crippen LogP contribution is 2.27. The molecule has 0 radical (unpaired) electrons. The summed E-state index contributed by atoms with van der Waals surface area (Å²) in [7, 11) is 3.21. The van der Waals surface area contributed by atoms with Crippen LogP contribution in [0.5, 0.6) is 11.5 Å². The van der Waals surface area contributed by atoms with Crippen molar-refractivity contribution in [2.24, 2.45) is 5.73 Å². The van der Waals surface area contributed by atoms with Gasteiger partial charge in [-0.15, -0.1) is 0 Å². The van der Waals surface area contributed by atoms with Gasteiger partial charge in [0.2, 0.25) is 5.91 Å². The van der Waals surface area contributed by atoms with Crippen molar-refractivity contribution < 1.29 is 14.3 Å². The van der Waals surface area contributed by atoms with Gasteiger partial charge in [-0.05, 0) is 49.1 Å². The largest absolute Gasteiger partial charge is 0.493 e. The normalized spacial score (nSPS) is 10.8. The lowest BCUT2D eigenvalue weighted by Crippen LogP contribution is -2.42. The third-order valence-corrected chi connectivity index (χ3v) is 5.62. The molecule has 192 valence electrons. The molecule has 0 aliphatic carbocycles. The monoisotopic (exact) mass is 489 g/mol. The zero-order chi connectivity index (χ0) is 26.3. The number of fused-ring (bicyclic) bond motifs is 1. The number of aryl methyl sites for hydroxylation is 1. The van der Waals surface area contributed by atoms with Gasteiger partial charge < -0.3 is 25.5 Å². The van der Waals surface area contributed by atoms with Crippen LogP contribution in [0.3, 0.4) is 0 Å². The number of hydrogen-bond donors (Lipinski definition) is 3. The quantitative estimate of drug-likeness (QED) is 0.308. The predicted molar refractivity (Wildman–Crippen MR) is 149 cm³/mol. The molecule has 4 rings (SSSR count). The fourth-order valence-corrected chi connectivity index (χ4v) is 3.79. The summed E-state index contributed by atoms with van der Waals surface area (Å²) in [5.74, 6) is 1.22. The first-order valence-corrected chi connectivity index (χ1v) is 12.3. The Labute approximate surface area is 214 Å². The van der Waals surface area contributed by atoms with Gasteiger partial charge in [0.15, 0.2) is 11.5 Å². The third kappa shape index (κ3) is 8.17. The van der Waals surface area contributed by atoms with E-state index in [9.17, 15) is 4.79 Å². The van der Waals surface area contributed by atoms with Crippen LogP contribution in [0.25, 0.3) is 10.9 Å². The molecule has 0 unspecified atom stereocenters. The van der Waals surface area contributed by atoms with Crippen LogP contribution >= 0.6 is 0 Å². The van der Waals surface area contributed by atoms with E-state index in [1.165, 1.54) is 0 Å². The molecule has 4 N–H and O–H groups in total. The second kappa shape index (κ2) is 15.3. The number of carbonyl (C=O) groups excluding carboxylic acids is 1. The van der Waals surface area contributed by atoms with E-state index < -0.39 is 6.04 Å². The smallest absolute Gasteiger partial charge is 0.237 e. The Bertz CT molecular complexity index is 1160. The van der Waals surface area contributed by atoms with Crippen molar-refractivity contribution in [3.05, 3.63) is 95.7 Å². The Kier molecular flexibility index (Phi) is 12.1. The number of nitrogens with one attached hydrogen (secondary N) is 2. The molecule has 3 aromatic carbocycles. The lowest BCUT2D eigenvalue weighted by Gasteiger charge is -2.13. The van der Waals surface area contributed by atoms with Gasteiger partial charge in [-0.2, -0.15) is 0 Å². The summed E-state index contributed by atoms with van der Waals surface area (Å²) in [6.07, 6.45) is 1.18. The summed E-state index contributed by atoms with van der Waals surface area (Å²) >= 11 is 0. The second-order valence-electron chi connectivity index (χ2n) is 7.97. The van der Waals surface area contributed by atoms with E-state index in [0.29, 0.717) is 30.9 Å². The van der Waals surface area contributed by atoms with Gasteiger partial charge in [-0.25, -0.2) is 0 Å². The van der Waals surface area contributed by atoms with Crippen LogP contribution in [0.1, 0.15) is 30.7 Å². The van der Waals surface area contributed by atoms with E-state index >= 15 is 0 Å². The van der Waals surface area contributed by atoms with Crippen LogP contribution in [0.15, 0.2) is 78.9 Å². The van der Waals surface area contributed by atoms with E-state index in [1.54, 1.807) is 14.2 Å². The first-order valence-electron chi connectivity index (χ1n) is 12.3. The number of nitrogens with two attached hydrogens (primary N) is 1. The van der Waals surface area contributed by atoms with E-state index in [4.69, 9.17) is 15.2 Å². The number of benzene rings is 3. The molecule has 1 amide bonds. The molecule has 1 heterocycles. The Morgan fingerprint density at radius 3 is 2.14 bits per heavy atom. The van der Waals surface area contributed by atoms with Gasteiger partial charge in [0.05, 0.1) is 20.3 Å². The lowest BCUT2D eigenvalue weighted by atomic mass is 10.0. The number of aromatic nitrogens is 1. The third-order valence-electron chi connectivity index (χ3n) is 5.62. The lowest BCUT2D eigenvalue weighted by molar-refractivity contribution is -0.122. The van der Waals surface area contributed by atoms with Crippen LogP contribution in [-0.2, 0) is 17.6 Å². The molecule has 1 atom stereocenters. The highest BCUT2D eigenvalue weighted by Gasteiger charge is 2.18. The average molecular weight is 490 g/mol. The number of aromatic amines is 1. The van der Waals surface area contributed by atoms with Crippen molar-refractivity contribution in [1.82, 2.24) is 10.3 Å². The molecule has 0 bridgehead atoms. The van der Waals surface area contributed by atoms with Gasteiger partial charge in [0, 0.05) is 23.1 Å². The Morgan fingerprint density at radius 1 is 0.917 bits per heavy atom. The predicted octanol–water partition coefficient (Wildman–Crippen LogP) is 5.44. The molecule has 0 fully saturated rings. The summed E-state index contributed by atoms with van der Waals surface area (Å²) in [6, 6.07) is 25.2. The van der Waals surface area contributed by atoms with Crippen LogP contribution in [0, 0.1) is 6.92 Å². The maximum absolute atomic E-state index is 12.4. The van der Waals surface area contributed by atoms with E-state index in [-0.39, 0.29) is 5.91 Å². The molecular weight excluding hydrogens is 450 g/mol. The Morgan fingerprint density at radius 2 is 1.53 bits per heavy atom. The molecule has 6 nitrogen and oxygen atoms in total. The fourth-order valence-electron chi connectivity index (χ4n) is 3.79. The number of rotatable bonds is 8. The topological polar surface area (TPSA) is 89.4 Å². The SMILES string of the molecule is CC.COc1ccc(CCNC(=O)[C@@H](N)Cc2c(C)[nH]c3ccccc23)cc1OC.c1ccccc1. The molecule has 1 aromatic heterocycles. The highest BCUT2D eigenvalue weighted by atomic mass is 16.5. The summed E-state index contributed by atoms with van der Waals surface area (Å²) in [5, 5.41) is 4.05. The summed E-state index contributed by atoms with van der Waals surface area (Å²) < 4.78 is 10.6. The fraction of sp³-hybridized carbons (Fsp3) is 0.300. The second-order valence-corrected chi connectivity index (χ2v) is 7.97. The number of H-pyrrole nitrogens is 1. The van der Waals surface area contributed by atoms with Crippen LogP contribution in [0.4, 0.5) is 0 Å². The molecule has 36 heavy (non-hydrogen) atoms. The Balaban J connectivity index is 0.000000491. The molecule has 0 aliphatic rings. The van der Waals surface area contributed by atoms with Gasteiger partial charge in [0.25, 0.3) is 0 Å². The molecule has 0 spiro atoms. The van der Waals surface area contributed by atoms with Gasteiger partial charge >= 0.3 is 0 Å². The minimum absolute atomic E-state index is 0.148. The van der Waals surface area contributed by atoms with Crippen LogP contribution < -0.4 is 20.5 Å². The van der Waals surface area contributed by atoms with Gasteiger partial charge in [0.1, 0.15) is 0 Å². The zero-order valence-electron chi connectivity index (χ0n) is 22.0. The molecular formula is C30H39N3O3. The average Bonchev–Trinajstić information content (AvgIpc) is 3.25. The number of para-hydroxylation sites is 1. The number of ether oxygens (including phenoxy) is 2. The standard InChI is InChI=1S/C22H27N3O3.C6H6.C2H6/c1-14-17(16-6-4-5-7-19(16)25-14)13-18(23)22(26)24-11-10-15-8-9-20(27-2)21(12-15)28-3;1-2-4-6-5-3-1;1-2/h4-9,12,18,25H,10-11,13,23H2,1-3H3,(H,24,26);1-6H;1-2H3/t18-;;/m0../s1. The summed E-state index contributed by atoms with van der Waals surface area (Å²) in [4.78, 5) is 15.8. The van der Waals surface area contributed by atoms with Crippen LogP contribution in [0.2, 0.25) is 0 Å². The minimum Gasteiger partial charge on any atom is -0.493 e. The van der Waals surface area contributed by atoms with Gasteiger partial charge in [-0.3, -0.25) is 4.79 Å². The van der Waals surface area contributed by atoms with E-state index in [0.717, 1.165) is 27.7 Å². The molecule has 6 heteroatoms. The first-order chi connectivity index (χ1) is 17.5. The molecule has 0 aliphatic heterocycles. The maximum Gasteiger partial charge on any atom is 0.237 e. The summed E-state index contributed by atoms with van der Waals surface area (Å²) in [6.45, 7) is 6.52. The van der Waals surface area contributed by atoms with Crippen molar-refractivity contribution in [3.8, 4) is 11.5 Å². The molecule has 0 saturated heterocycles. The number of hydrogen-bond acceptors (Lipinski definition) is 4. The number of amides is 1. The maximum atomic E-state index is 12.4. The highest BCUT2D eigenvalue weighted by molar-refractivity contribution is 5.87. The van der Waals surface area contributed by atoms with E-state index in [2.05, 4.69) is 16.4 Å². The first kappa shape index (κ1) is 28.5. The minimum atomic E-state index is -0.594. The van der Waals surface area contributed by atoms with Crippen molar-refractivity contribution >= 4 is 16.8 Å². The van der Waals surface area contributed by atoms with Crippen molar-refractivity contribution in [1.29, 1.82) is 0 Å². The molecule has 4 aromatic rings. The van der Waals surface area contributed by atoms with Gasteiger partial charge in [-0.1, -0.05) is 74.5 Å². The van der Waals surface area contributed by atoms with Crippen molar-refractivity contribution in [2.45, 2.75) is 39.7 Å². The van der Waals surface area contributed by atoms with E-state index in [1.807, 2.05) is 93.6 Å². The number of methoxy groups -OCH3 is 2. The van der Waals surface area contributed by atoms with Crippen molar-refractivity contribution in [3.63, 3.8) is 0 Å². The Hall–Kier alpha value is -3.77. The summed E-state index contributed by atoms with van der Waals surface area (Å²) in [5.41, 5.74) is 10.4.